The van der Waals surface area contributed by atoms with E-state index in [1.54, 1.807) is 14.0 Å². The van der Waals surface area contributed by atoms with Gasteiger partial charge in [0.1, 0.15) is 11.8 Å². The van der Waals surface area contributed by atoms with E-state index in [9.17, 15) is 4.79 Å². The zero-order valence-electron chi connectivity index (χ0n) is 9.41. The van der Waals surface area contributed by atoms with E-state index >= 15 is 0 Å². The van der Waals surface area contributed by atoms with Crippen LogP contribution in [0, 0.1) is 0 Å². The molecule has 0 aliphatic heterocycles. The molecule has 16 heavy (non-hydrogen) atoms. The Morgan fingerprint density at radius 2 is 2.12 bits per heavy atom. The summed E-state index contributed by atoms with van der Waals surface area (Å²) in [4.78, 5) is 11.2. The summed E-state index contributed by atoms with van der Waals surface area (Å²) in [6.07, 6.45) is 0. The normalized spacial score (nSPS) is 11.8. The third-order valence-electron chi connectivity index (χ3n) is 2.09. The summed E-state index contributed by atoms with van der Waals surface area (Å²) in [6.45, 7) is 1.74. The van der Waals surface area contributed by atoms with Gasteiger partial charge >= 0.3 is 5.97 Å². The molecular weight excluding hydrogens is 274 g/mol. The number of carbonyl (C=O) groups excluding carboxylic acids is 1. The van der Waals surface area contributed by atoms with E-state index < -0.39 is 6.04 Å². The Hall–Kier alpha value is -1.23. The van der Waals surface area contributed by atoms with Crippen LogP contribution in [0.25, 0.3) is 0 Å². The van der Waals surface area contributed by atoms with Crippen LogP contribution in [0.3, 0.4) is 0 Å². The van der Waals surface area contributed by atoms with E-state index in [1.807, 2.05) is 18.2 Å². The quantitative estimate of drug-likeness (QED) is 0.864. The number of ether oxygens (including phenoxy) is 2. The molecule has 1 atom stereocenters. The van der Waals surface area contributed by atoms with Crippen LogP contribution in [-0.2, 0) is 9.53 Å². The third kappa shape index (κ3) is 3.13. The van der Waals surface area contributed by atoms with Gasteiger partial charge < -0.3 is 14.8 Å². The number of nitrogens with one attached hydrogen (secondary N) is 1. The van der Waals surface area contributed by atoms with E-state index in [2.05, 4.69) is 26.0 Å². The van der Waals surface area contributed by atoms with Crippen LogP contribution in [0.2, 0.25) is 0 Å². The molecule has 0 fully saturated rings. The van der Waals surface area contributed by atoms with Gasteiger partial charge in [0.05, 0.1) is 18.7 Å². The van der Waals surface area contributed by atoms with Crippen molar-refractivity contribution in [3.8, 4) is 5.75 Å². The number of carbonyl (C=O) groups is 1. The molecule has 0 radical (unpaired) electrons. The number of rotatable bonds is 4. The number of methoxy groups -OCH3 is 2. The first-order valence-electron chi connectivity index (χ1n) is 4.76. The van der Waals surface area contributed by atoms with Crippen LogP contribution in [0.15, 0.2) is 22.7 Å². The lowest BCUT2D eigenvalue weighted by Gasteiger charge is -2.14. The summed E-state index contributed by atoms with van der Waals surface area (Å²) in [5, 5.41) is 3.02. The SMILES string of the molecule is COC(=O)C(C)Nc1ccc(Br)c(OC)c1. The molecule has 0 aromatic heterocycles. The van der Waals surface area contributed by atoms with Crippen molar-refractivity contribution in [2.45, 2.75) is 13.0 Å². The number of hydrogen-bond acceptors (Lipinski definition) is 4. The van der Waals surface area contributed by atoms with Gasteiger partial charge in [-0.15, -0.1) is 0 Å². The summed E-state index contributed by atoms with van der Waals surface area (Å²) >= 11 is 3.36. The molecule has 0 aliphatic carbocycles. The number of hydrogen-bond donors (Lipinski definition) is 1. The van der Waals surface area contributed by atoms with Crippen molar-refractivity contribution in [1.82, 2.24) is 0 Å². The zero-order valence-corrected chi connectivity index (χ0v) is 11.0. The van der Waals surface area contributed by atoms with Gasteiger partial charge in [-0.1, -0.05) is 0 Å². The summed E-state index contributed by atoms with van der Waals surface area (Å²) in [7, 11) is 2.95. The summed E-state index contributed by atoms with van der Waals surface area (Å²) < 4.78 is 10.6. The van der Waals surface area contributed by atoms with Gasteiger partial charge in [-0.05, 0) is 35.0 Å². The fraction of sp³-hybridized carbons (Fsp3) is 0.364. The molecule has 1 aromatic rings. The first-order chi connectivity index (χ1) is 7.58. The molecule has 0 amide bonds. The fourth-order valence-electron chi connectivity index (χ4n) is 1.24. The van der Waals surface area contributed by atoms with Gasteiger partial charge in [0.25, 0.3) is 0 Å². The van der Waals surface area contributed by atoms with Gasteiger partial charge in [0.15, 0.2) is 0 Å². The number of benzene rings is 1. The Morgan fingerprint density at radius 3 is 2.69 bits per heavy atom. The smallest absolute Gasteiger partial charge is 0.327 e. The molecule has 0 heterocycles. The maximum atomic E-state index is 11.2. The molecule has 1 rings (SSSR count). The number of anilines is 1. The Labute approximate surface area is 103 Å². The van der Waals surface area contributed by atoms with E-state index in [4.69, 9.17) is 4.74 Å². The lowest BCUT2D eigenvalue weighted by atomic mass is 10.2. The average molecular weight is 288 g/mol. The lowest BCUT2D eigenvalue weighted by Crippen LogP contribution is -2.27. The maximum absolute atomic E-state index is 11.2. The molecule has 1 unspecified atom stereocenters. The van der Waals surface area contributed by atoms with Gasteiger partial charge in [-0.25, -0.2) is 4.79 Å². The fourth-order valence-corrected chi connectivity index (χ4v) is 1.64. The average Bonchev–Trinajstić information content (AvgIpc) is 2.30. The van der Waals surface area contributed by atoms with Crippen molar-refractivity contribution in [2.24, 2.45) is 0 Å². The molecule has 0 spiro atoms. The second kappa shape index (κ2) is 5.75. The third-order valence-corrected chi connectivity index (χ3v) is 2.74. The van der Waals surface area contributed by atoms with E-state index in [0.717, 1.165) is 10.2 Å². The van der Waals surface area contributed by atoms with Crippen LogP contribution in [0.1, 0.15) is 6.92 Å². The van der Waals surface area contributed by atoms with Crippen LogP contribution in [0.4, 0.5) is 5.69 Å². The standard InChI is InChI=1S/C11H14BrNO3/c1-7(11(14)16-3)13-8-4-5-9(12)10(6-8)15-2/h4-7,13H,1-3H3. The predicted octanol–water partition coefficient (Wildman–Crippen LogP) is 2.43. The van der Waals surface area contributed by atoms with Gasteiger partial charge in [-0.2, -0.15) is 0 Å². The summed E-state index contributed by atoms with van der Waals surface area (Å²) in [6, 6.07) is 5.12. The monoisotopic (exact) mass is 287 g/mol. The number of esters is 1. The molecule has 1 aromatic carbocycles. The molecule has 5 heteroatoms. The van der Waals surface area contributed by atoms with Gasteiger partial charge in [0.2, 0.25) is 0 Å². The second-order valence-electron chi connectivity index (χ2n) is 3.24. The molecule has 4 nitrogen and oxygen atoms in total. The van der Waals surface area contributed by atoms with Crippen molar-refractivity contribution < 1.29 is 14.3 Å². The van der Waals surface area contributed by atoms with E-state index in [0.29, 0.717) is 5.75 Å². The Morgan fingerprint density at radius 1 is 1.44 bits per heavy atom. The van der Waals surface area contributed by atoms with Crippen molar-refractivity contribution in [3.05, 3.63) is 22.7 Å². The van der Waals surface area contributed by atoms with Crippen molar-refractivity contribution in [1.29, 1.82) is 0 Å². The van der Waals surface area contributed by atoms with E-state index in [1.165, 1.54) is 7.11 Å². The first kappa shape index (κ1) is 12.8. The van der Waals surface area contributed by atoms with Crippen LogP contribution < -0.4 is 10.1 Å². The number of halogens is 1. The highest BCUT2D eigenvalue weighted by Crippen LogP contribution is 2.28. The van der Waals surface area contributed by atoms with Crippen molar-refractivity contribution in [3.63, 3.8) is 0 Å². The summed E-state index contributed by atoms with van der Waals surface area (Å²) in [5.74, 6) is 0.406. The highest BCUT2D eigenvalue weighted by molar-refractivity contribution is 9.10. The zero-order chi connectivity index (χ0) is 12.1. The molecule has 0 aliphatic rings. The minimum absolute atomic E-state index is 0.304. The maximum Gasteiger partial charge on any atom is 0.327 e. The Kier molecular flexibility index (Phi) is 4.61. The molecule has 0 bridgehead atoms. The second-order valence-corrected chi connectivity index (χ2v) is 4.09. The Bertz CT molecular complexity index is 381. The lowest BCUT2D eigenvalue weighted by molar-refractivity contribution is -0.141. The van der Waals surface area contributed by atoms with Crippen LogP contribution in [0.5, 0.6) is 5.75 Å². The topological polar surface area (TPSA) is 47.6 Å². The predicted molar refractivity (Wildman–Crippen MR) is 65.8 cm³/mol. The molecular formula is C11H14BrNO3. The molecule has 1 N–H and O–H groups in total. The Balaban J connectivity index is 2.78. The molecule has 0 saturated heterocycles. The van der Waals surface area contributed by atoms with Gasteiger partial charge in [-0.3, -0.25) is 0 Å². The largest absolute Gasteiger partial charge is 0.495 e. The van der Waals surface area contributed by atoms with Crippen LogP contribution in [-0.4, -0.2) is 26.2 Å². The summed E-state index contributed by atoms with van der Waals surface area (Å²) in [5.41, 5.74) is 0.804. The van der Waals surface area contributed by atoms with Gasteiger partial charge in [0, 0.05) is 11.8 Å². The highest BCUT2D eigenvalue weighted by atomic mass is 79.9. The van der Waals surface area contributed by atoms with Crippen molar-refractivity contribution in [2.75, 3.05) is 19.5 Å². The van der Waals surface area contributed by atoms with Crippen molar-refractivity contribution >= 4 is 27.6 Å². The minimum Gasteiger partial charge on any atom is -0.495 e. The highest BCUT2D eigenvalue weighted by Gasteiger charge is 2.13. The molecule has 88 valence electrons. The molecule has 0 saturated carbocycles. The van der Waals surface area contributed by atoms with Crippen LogP contribution >= 0.6 is 15.9 Å². The van der Waals surface area contributed by atoms with E-state index in [-0.39, 0.29) is 5.97 Å². The first-order valence-corrected chi connectivity index (χ1v) is 5.55. The minimum atomic E-state index is -0.393.